The van der Waals surface area contributed by atoms with Crippen LogP contribution in [0.4, 0.5) is 17.1 Å². The molecule has 7 heteroatoms. The molecule has 1 amide bonds. The fraction of sp³-hybridized carbons (Fsp3) is 0.207. The number of carbonyl (C=O) groups is 1. The van der Waals surface area contributed by atoms with Gasteiger partial charge >= 0.3 is 0 Å². The van der Waals surface area contributed by atoms with Crippen LogP contribution in [0.2, 0.25) is 5.02 Å². The average molecular weight is 501 g/mol. The molecule has 0 fully saturated rings. The molecule has 36 heavy (non-hydrogen) atoms. The average Bonchev–Trinajstić information content (AvgIpc) is 2.89. The van der Waals surface area contributed by atoms with Gasteiger partial charge in [0.25, 0.3) is 5.91 Å². The summed E-state index contributed by atoms with van der Waals surface area (Å²) in [5.41, 5.74) is 8.80. The van der Waals surface area contributed by atoms with E-state index < -0.39 is 5.91 Å². The topological polar surface area (TPSA) is 100 Å². The second kappa shape index (κ2) is 10.9. The molecule has 0 spiro atoms. The molecular weight excluding hydrogens is 472 g/mol. The number of carbonyl (C=O) groups excluding carboxylic acids is 1. The van der Waals surface area contributed by atoms with Crippen molar-refractivity contribution in [2.75, 3.05) is 5.32 Å². The van der Waals surface area contributed by atoms with E-state index in [4.69, 9.17) is 17.3 Å². The number of aromatic hydroxyl groups is 1. The number of benzene rings is 4. The predicted octanol–water partition coefficient (Wildman–Crippen LogP) is 8.23. The van der Waals surface area contributed by atoms with E-state index in [1.54, 1.807) is 30.3 Å². The highest BCUT2D eigenvalue weighted by Crippen LogP contribution is 2.40. The molecule has 184 valence electrons. The van der Waals surface area contributed by atoms with Crippen LogP contribution in [0.1, 0.15) is 49.0 Å². The minimum Gasteiger partial charge on any atom is -0.505 e. The van der Waals surface area contributed by atoms with Crippen molar-refractivity contribution in [1.82, 2.24) is 0 Å². The van der Waals surface area contributed by atoms with E-state index in [0.29, 0.717) is 21.8 Å². The van der Waals surface area contributed by atoms with E-state index in [0.717, 1.165) is 30.2 Å². The normalized spacial score (nSPS) is 13.1. The summed E-state index contributed by atoms with van der Waals surface area (Å²) in [6, 6.07) is 23.5. The molecule has 0 aromatic heterocycles. The smallest absolute Gasteiger partial charge is 0.259 e. The molecular formula is C29H29ClN4O2. The lowest BCUT2D eigenvalue weighted by Crippen LogP contribution is -2.35. The first kappa shape index (κ1) is 25.4. The van der Waals surface area contributed by atoms with Crippen LogP contribution in [0, 0.1) is 0 Å². The Morgan fingerprint density at radius 3 is 2.36 bits per heavy atom. The van der Waals surface area contributed by atoms with Gasteiger partial charge in [-0.15, -0.1) is 5.11 Å². The van der Waals surface area contributed by atoms with E-state index in [1.807, 2.05) is 48.5 Å². The largest absolute Gasteiger partial charge is 0.505 e. The lowest BCUT2D eigenvalue weighted by molar-refractivity contribution is 0.102. The molecule has 4 rings (SSSR count). The number of nitrogens with one attached hydrogen (secondary N) is 1. The van der Waals surface area contributed by atoms with Gasteiger partial charge in [0.2, 0.25) is 0 Å². The van der Waals surface area contributed by atoms with Crippen molar-refractivity contribution in [3.05, 3.63) is 95.0 Å². The first-order valence-corrected chi connectivity index (χ1v) is 12.3. The highest BCUT2D eigenvalue weighted by atomic mass is 35.5. The summed E-state index contributed by atoms with van der Waals surface area (Å²) in [4.78, 5) is 13.0. The summed E-state index contributed by atoms with van der Waals surface area (Å²) in [5.74, 6) is -0.702. The molecule has 4 aromatic carbocycles. The summed E-state index contributed by atoms with van der Waals surface area (Å²) in [5, 5.41) is 24.6. The summed E-state index contributed by atoms with van der Waals surface area (Å²) in [6.07, 6.45) is 2.74. The third kappa shape index (κ3) is 5.40. The van der Waals surface area contributed by atoms with Gasteiger partial charge in [-0.05, 0) is 66.3 Å². The molecule has 0 aliphatic heterocycles. The number of nitrogens with two attached hydrogens (primary N) is 1. The van der Waals surface area contributed by atoms with E-state index in [9.17, 15) is 9.90 Å². The Labute approximate surface area is 215 Å². The lowest BCUT2D eigenvalue weighted by Gasteiger charge is -2.28. The maximum absolute atomic E-state index is 13.0. The molecule has 1 atom stereocenters. The summed E-state index contributed by atoms with van der Waals surface area (Å²) >= 11 is 5.93. The molecule has 0 radical (unpaired) electrons. The van der Waals surface area contributed by atoms with Crippen molar-refractivity contribution in [3.8, 4) is 5.75 Å². The number of hydrogen-bond acceptors (Lipinski definition) is 5. The standard InChI is InChI=1S/C29H29ClN4O2/c1-3-17-29(31,4-2)20-9-13-23(14-10-20)33-34-26-24-8-6-5-7-19(24)18-25(27(26)35)28(36)32-22-15-11-21(30)12-16-22/h5-16,18,35H,3-4,17,31H2,1-2H3,(H,32,36). The number of phenols is 1. The van der Waals surface area contributed by atoms with Gasteiger partial charge in [-0.1, -0.05) is 68.3 Å². The maximum atomic E-state index is 13.0. The molecule has 4 aromatic rings. The SMILES string of the molecule is CCCC(N)(CC)c1ccc(N=Nc2c(O)c(C(=O)Nc3ccc(Cl)cc3)cc3ccccc23)cc1. The molecule has 0 saturated heterocycles. The van der Waals surface area contributed by atoms with E-state index >= 15 is 0 Å². The third-order valence-corrected chi connectivity index (χ3v) is 6.63. The Morgan fingerprint density at radius 2 is 1.69 bits per heavy atom. The lowest BCUT2D eigenvalue weighted by atomic mass is 9.84. The number of amides is 1. The van der Waals surface area contributed by atoms with Crippen molar-refractivity contribution < 1.29 is 9.90 Å². The fourth-order valence-electron chi connectivity index (χ4n) is 4.26. The number of hydrogen-bond donors (Lipinski definition) is 3. The Morgan fingerprint density at radius 1 is 1.00 bits per heavy atom. The zero-order valence-electron chi connectivity index (χ0n) is 20.3. The summed E-state index contributed by atoms with van der Waals surface area (Å²) in [7, 11) is 0. The van der Waals surface area contributed by atoms with Gasteiger partial charge in [-0.3, -0.25) is 4.79 Å². The van der Waals surface area contributed by atoms with Crippen molar-refractivity contribution in [3.63, 3.8) is 0 Å². The minimum absolute atomic E-state index is 0.100. The van der Waals surface area contributed by atoms with Crippen LogP contribution in [0.5, 0.6) is 5.75 Å². The first-order chi connectivity index (χ1) is 17.3. The zero-order chi connectivity index (χ0) is 25.7. The zero-order valence-corrected chi connectivity index (χ0v) is 21.1. The van der Waals surface area contributed by atoms with Crippen LogP contribution in [0.3, 0.4) is 0 Å². The van der Waals surface area contributed by atoms with E-state index in [-0.39, 0.29) is 22.5 Å². The highest BCUT2D eigenvalue weighted by Gasteiger charge is 2.24. The number of phenolic OH excluding ortho intramolecular Hbond substituents is 1. The van der Waals surface area contributed by atoms with E-state index in [2.05, 4.69) is 29.4 Å². The quantitative estimate of drug-likeness (QED) is 0.212. The first-order valence-electron chi connectivity index (χ1n) is 12.0. The van der Waals surface area contributed by atoms with Gasteiger partial charge in [-0.2, -0.15) is 5.11 Å². The van der Waals surface area contributed by atoms with Gasteiger partial charge in [0.05, 0.1) is 11.3 Å². The minimum atomic E-state index is -0.462. The highest BCUT2D eigenvalue weighted by molar-refractivity contribution is 6.30. The van der Waals surface area contributed by atoms with Crippen LogP contribution in [0.15, 0.2) is 89.1 Å². The Bertz CT molecular complexity index is 1400. The van der Waals surface area contributed by atoms with Crippen LogP contribution < -0.4 is 11.1 Å². The molecule has 4 N–H and O–H groups in total. The van der Waals surface area contributed by atoms with Gasteiger partial charge in [0.1, 0.15) is 5.69 Å². The summed E-state index contributed by atoms with van der Waals surface area (Å²) < 4.78 is 0. The third-order valence-electron chi connectivity index (χ3n) is 6.38. The Balaban J connectivity index is 1.67. The maximum Gasteiger partial charge on any atom is 0.259 e. The Kier molecular flexibility index (Phi) is 7.67. The number of anilines is 1. The second-order valence-corrected chi connectivity index (χ2v) is 9.25. The van der Waals surface area contributed by atoms with Crippen molar-refractivity contribution in [2.45, 2.75) is 38.6 Å². The van der Waals surface area contributed by atoms with Gasteiger partial charge < -0.3 is 16.2 Å². The number of azo groups is 1. The number of rotatable bonds is 8. The monoisotopic (exact) mass is 500 g/mol. The van der Waals surface area contributed by atoms with Gasteiger partial charge in [-0.25, -0.2) is 0 Å². The Hall–Kier alpha value is -3.74. The molecule has 0 bridgehead atoms. The molecule has 6 nitrogen and oxygen atoms in total. The number of fused-ring (bicyclic) bond motifs is 1. The van der Waals surface area contributed by atoms with Crippen molar-refractivity contribution in [1.29, 1.82) is 0 Å². The molecule has 0 heterocycles. The second-order valence-electron chi connectivity index (χ2n) is 8.81. The van der Waals surface area contributed by atoms with Crippen LogP contribution >= 0.6 is 11.6 Å². The molecule has 0 aliphatic rings. The molecule has 0 saturated carbocycles. The van der Waals surface area contributed by atoms with Crippen LogP contribution in [-0.2, 0) is 5.54 Å². The van der Waals surface area contributed by atoms with Crippen LogP contribution in [-0.4, -0.2) is 11.0 Å². The van der Waals surface area contributed by atoms with Gasteiger partial charge in [0.15, 0.2) is 5.75 Å². The molecule has 0 aliphatic carbocycles. The van der Waals surface area contributed by atoms with Crippen molar-refractivity contribution in [2.24, 2.45) is 16.0 Å². The van der Waals surface area contributed by atoms with Crippen LogP contribution in [0.25, 0.3) is 10.8 Å². The molecule has 1 unspecified atom stereocenters. The number of halogens is 1. The van der Waals surface area contributed by atoms with Gasteiger partial charge in [0, 0.05) is 21.6 Å². The van der Waals surface area contributed by atoms with Crippen molar-refractivity contribution >= 4 is 45.3 Å². The number of nitrogens with zero attached hydrogens (tertiary/aromatic N) is 2. The predicted molar refractivity (Wildman–Crippen MR) is 147 cm³/mol. The fourth-order valence-corrected chi connectivity index (χ4v) is 4.39. The van der Waals surface area contributed by atoms with E-state index in [1.165, 1.54) is 0 Å². The summed E-state index contributed by atoms with van der Waals surface area (Å²) in [6.45, 7) is 4.22.